The third-order valence-corrected chi connectivity index (χ3v) is 3.24. The van der Waals surface area contributed by atoms with Crippen molar-refractivity contribution in [2.45, 2.75) is 12.3 Å². The molecular formula is C12H10FNO2S. The van der Waals surface area contributed by atoms with E-state index in [1.165, 1.54) is 23.5 Å². The molecule has 0 saturated carbocycles. The third kappa shape index (κ3) is 2.68. The molecule has 1 aromatic heterocycles. The molecule has 0 fully saturated rings. The highest BCUT2D eigenvalue weighted by Gasteiger charge is 2.24. The lowest BCUT2D eigenvalue weighted by atomic mass is 9.96. The minimum atomic E-state index is -1.04. The second-order valence-electron chi connectivity index (χ2n) is 3.54. The van der Waals surface area contributed by atoms with Gasteiger partial charge in [-0.2, -0.15) is 0 Å². The molecular weight excluding hydrogens is 241 g/mol. The fourth-order valence-corrected chi connectivity index (χ4v) is 2.28. The van der Waals surface area contributed by atoms with Crippen LogP contribution in [-0.4, -0.2) is 16.1 Å². The van der Waals surface area contributed by atoms with Crippen molar-refractivity contribution in [3.63, 3.8) is 0 Å². The average Bonchev–Trinajstić information content (AvgIpc) is 2.79. The summed E-state index contributed by atoms with van der Waals surface area (Å²) >= 11 is 1.37. The Hall–Kier alpha value is -1.75. The van der Waals surface area contributed by atoms with E-state index in [-0.39, 0.29) is 12.0 Å². The zero-order valence-corrected chi connectivity index (χ0v) is 9.65. The van der Waals surface area contributed by atoms with Crippen molar-refractivity contribution in [2.24, 2.45) is 0 Å². The highest BCUT2D eigenvalue weighted by atomic mass is 32.1. The number of rotatable bonds is 4. The van der Waals surface area contributed by atoms with Crippen molar-refractivity contribution in [3.8, 4) is 0 Å². The molecule has 1 aromatic carbocycles. The quantitative estimate of drug-likeness (QED) is 0.908. The van der Waals surface area contributed by atoms with E-state index in [1.54, 1.807) is 23.7 Å². The standard InChI is InChI=1S/C12H10FNO2S/c13-10-4-2-1-3-8(10)9(12(15)16)7-11-14-5-6-17-11/h1-6,9H,7H2,(H,15,16). The Kier molecular flexibility index (Phi) is 3.49. The van der Waals surface area contributed by atoms with Gasteiger partial charge in [0.05, 0.1) is 10.9 Å². The normalized spacial score (nSPS) is 12.3. The Morgan fingerprint density at radius 3 is 2.82 bits per heavy atom. The lowest BCUT2D eigenvalue weighted by Crippen LogP contribution is -2.15. The Bertz CT molecular complexity index is 513. The number of benzene rings is 1. The van der Waals surface area contributed by atoms with E-state index >= 15 is 0 Å². The first-order valence-electron chi connectivity index (χ1n) is 5.04. The van der Waals surface area contributed by atoms with Gasteiger partial charge in [0.1, 0.15) is 5.82 Å². The van der Waals surface area contributed by atoms with Crippen LogP contribution in [0.1, 0.15) is 16.5 Å². The van der Waals surface area contributed by atoms with Crippen LogP contribution < -0.4 is 0 Å². The minimum absolute atomic E-state index is 0.204. The molecule has 1 atom stereocenters. The zero-order chi connectivity index (χ0) is 12.3. The molecule has 88 valence electrons. The molecule has 1 heterocycles. The number of carboxylic acid groups (broad SMARTS) is 1. The van der Waals surface area contributed by atoms with Gasteiger partial charge < -0.3 is 5.11 Å². The van der Waals surface area contributed by atoms with Crippen LogP contribution in [0, 0.1) is 5.82 Å². The highest BCUT2D eigenvalue weighted by Crippen LogP contribution is 2.24. The van der Waals surface area contributed by atoms with Crippen molar-refractivity contribution in [2.75, 3.05) is 0 Å². The second kappa shape index (κ2) is 5.05. The van der Waals surface area contributed by atoms with Crippen LogP contribution in [0.3, 0.4) is 0 Å². The number of hydrogen-bond acceptors (Lipinski definition) is 3. The van der Waals surface area contributed by atoms with Crippen molar-refractivity contribution in [1.82, 2.24) is 4.98 Å². The Morgan fingerprint density at radius 2 is 2.24 bits per heavy atom. The van der Waals surface area contributed by atoms with E-state index in [0.29, 0.717) is 5.01 Å². The van der Waals surface area contributed by atoms with E-state index in [4.69, 9.17) is 5.11 Å². The minimum Gasteiger partial charge on any atom is -0.481 e. The topological polar surface area (TPSA) is 50.2 Å². The van der Waals surface area contributed by atoms with Gasteiger partial charge in [0.15, 0.2) is 0 Å². The number of carbonyl (C=O) groups is 1. The van der Waals surface area contributed by atoms with Crippen molar-refractivity contribution in [3.05, 3.63) is 52.2 Å². The zero-order valence-electron chi connectivity index (χ0n) is 8.84. The van der Waals surface area contributed by atoms with Gasteiger partial charge in [-0.1, -0.05) is 18.2 Å². The van der Waals surface area contributed by atoms with Crippen molar-refractivity contribution in [1.29, 1.82) is 0 Å². The van der Waals surface area contributed by atoms with Gasteiger partial charge in [-0.3, -0.25) is 4.79 Å². The molecule has 1 N–H and O–H groups in total. The number of halogens is 1. The summed E-state index contributed by atoms with van der Waals surface area (Å²) in [6.07, 6.45) is 1.83. The van der Waals surface area contributed by atoms with Gasteiger partial charge in [-0.05, 0) is 6.07 Å². The number of aliphatic carboxylic acids is 1. The fraction of sp³-hybridized carbons (Fsp3) is 0.167. The van der Waals surface area contributed by atoms with E-state index in [9.17, 15) is 9.18 Å². The van der Waals surface area contributed by atoms with Crippen LogP contribution in [0.4, 0.5) is 4.39 Å². The van der Waals surface area contributed by atoms with Gasteiger partial charge in [0.2, 0.25) is 0 Å². The van der Waals surface area contributed by atoms with Crippen LogP contribution in [0.15, 0.2) is 35.8 Å². The summed E-state index contributed by atoms with van der Waals surface area (Å²) in [4.78, 5) is 15.2. The monoisotopic (exact) mass is 251 g/mol. The molecule has 2 rings (SSSR count). The van der Waals surface area contributed by atoms with Crippen LogP contribution in [0.2, 0.25) is 0 Å². The molecule has 5 heteroatoms. The third-order valence-electron chi connectivity index (χ3n) is 2.44. The molecule has 17 heavy (non-hydrogen) atoms. The molecule has 0 amide bonds. The summed E-state index contributed by atoms with van der Waals surface area (Å²) in [5, 5.41) is 11.6. The maximum Gasteiger partial charge on any atom is 0.311 e. The molecule has 0 aliphatic carbocycles. The number of thiazole rings is 1. The van der Waals surface area contributed by atoms with Gasteiger partial charge in [0, 0.05) is 23.6 Å². The first-order valence-corrected chi connectivity index (χ1v) is 5.92. The summed E-state index contributed by atoms with van der Waals surface area (Å²) in [5.41, 5.74) is 0.204. The molecule has 0 saturated heterocycles. The molecule has 1 unspecified atom stereocenters. The highest BCUT2D eigenvalue weighted by molar-refractivity contribution is 7.09. The lowest BCUT2D eigenvalue weighted by Gasteiger charge is -2.11. The SMILES string of the molecule is O=C(O)C(Cc1nccs1)c1ccccc1F. The molecule has 0 aliphatic heterocycles. The fourth-order valence-electron chi connectivity index (χ4n) is 1.62. The Morgan fingerprint density at radius 1 is 1.47 bits per heavy atom. The average molecular weight is 251 g/mol. The van der Waals surface area contributed by atoms with Crippen LogP contribution in [0.5, 0.6) is 0 Å². The summed E-state index contributed by atoms with van der Waals surface area (Å²) in [6, 6.07) is 5.95. The predicted octanol–water partition coefficient (Wildman–Crippen LogP) is 2.69. The first-order chi connectivity index (χ1) is 8.18. The maximum absolute atomic E-state index is 13.5. The second-order valence-corrected chi connectivity index (χ2v) is 4.52. The van der Waals surface area contributed by atoms with Gasteiger partial charge in [-0.25, -0.2) is 9.37 Å². The van der Waals surface area contributed by atoms with E-state index in [1.807, 2.05) is 0 Å². The molecule has 2 aromatic rings. The Labute approximate surface area is 102 Å². The van der Waals surface area contributed by atoms with Gasteiger partial charge in [0.25, 0.3) is 0 Å². The molecule has 0 radical (unpaired) electrons. The summed E-state index contributed by atoms with van der Waals surface area (Å²) < 4.78 is 13.5. The predicted molar refractivity (Wildman–Crippen MR) is 62.6 cm³/mol. The van der Waals surface area contributed by atoms with Gasteiger partial charge >= 0.3 is 5.97 Å². The molecule has 0 bridgehead atoms. The number of aromatic nitrogens is 1. The number of nitrogens with zero attached hydrogens (tertiary/aromatic N) is 1. The van der Waals surface area contributed by atoms with Crippen LogP contribution >= 0.6 is 11.3 Å². The van der Waals surface area contributed by atoms with Gasteiger partial charge in [-0.15, -0.1) is 11.3 Å². The summed E-state index contributed by atoms with van der Waals surface area (Å²) in [7, 11) is 0. The van der Waals surface area contributed by atoms with E-state index in [0.717, 1.165) is 0 Å². The maximum atomic E-state index is 13.5. The Balaban J connectivity index is 2.30. The number of carboxylic acids is 1. The summed E-state index contributed by atoms with van der Waals surface area (Å²) in [6.45, 7) is 0. The van der Waals surface area contributed by atoms with E-state index < -0.39 is 17.7 Å². The van der Waals surface area contributed by atoms with Crippen molar-refractivity contribution >= 4 is 17.3 Å². The van der Waals surface area contributed by atoms with Crippen LogP contribution in [-0.2, 0) is 11.2 Å². The van der Waals surface area contributed by atoms with E-state index in [2.05, 4.69) is 4.98 Å². The molecule has 3 nitrogen and oxygen atoms in total. The smallest absolute Gasteiger partial charge is 0.311 e. The number of hydrogen-bond donors (Lipinski definition) is 1. The van der Waals surface area contributed by atoms with Crippen LogP contribution in [0.25, 0.3) is 0 Å². The lowest BCUT2D eigenvalue weighted by molar-refractivity contribution is -0.138. The summed E-state index contributed by atoms with van der Waals surface area (Å²) in [5.74, 6) is -2.41. The molecule has 0 spiro atoms. The first kappa shape index (κ1) is 11.7. The largest absolute Gasteiger partial charge is 0.481 e. The van der Waals surface area contributed by atoms with Crippen molar-refractivity contribution < 1.29 is 14.3 Å². The molecule has 0 aliphatic rings.